The first-order chi connectivity index (χ1) is 19.8. The third-order valence-electron chi connectivity index (χ3n) is 8.83. The number of ether oxygens (including phenoxy) is 11. The maximum atomic E-state index is 7.03. The van der Waals surface area contributed by atoms with Crippen molar-refractivity contribution in [3.8, 4) is 0 Å². The quantitative estimate of drug-likeness (QED) is 0.371. The summed E-state index contributed by atoms with van der Waals surface area (Å²) in [7, 11) is 3.13. The van der Waals surface area contributed by atoms with Crippen LogP contribution in [0.15, 0.2) is 30.3 Å². The van der Waals surface area contributed by atoms with Gasteiger partial charge in [-0.2, -0.15) is 0 Å². The van der Waals surface area contributed by atoms with Gasteiger partial charge in [0, 0.05) is 14.2 Å². The van der Waals surface area contributed by atoms with Crippen LogP contribution in [0.3, 0.4) is 0 Å². The first-order valence-electron chi connectivity index (χ1n) is 14.9. The van der Waals surface area contributed by atoms with Gasteiger partial charge in [0.1, 0.15) is 30.0 Å². The van der Waals surface area contributed by atoms with Gasteiger partial charge in [0.25, 0.3) is 0 Å². The molecule has 0 radical (unpaired) electrons. The lowest BCUT2D eigenvalue weighted by Crippen LogP contribution is -2.67. The Morgan fingerprint density at radius 1 is 0.881 bits per heavy atom. The second-order valence-corrected chi connectivity index (χ2v) is 13.3. The van der Waals surface area contributed by atoms with Crippen molar-refractivity contribution in [3.05, 3.63) is 35.9 Å². The van der Waals surface area contributed by atoms with Gasteiger partial charge >= 0.3 is 0 Å². The summed E-state index contributed by atoms with van der Waals surface area (Å²) in [4.78, 5) is 0. The Kier molecular flexibility index (Phi) is 8.06. The van der Waals surface area contributed by atoms with Gasteiger partial charge in [0.15, 0.2) is 35.5 Å². The van der Waals surface area contributed by atoms with Crippen molar-refractivity contribution in [1.82, 2.24) is 0 Å². The fourth-order valence-corrected chi connectivity index (χ4v) is 7.32. The van der Waals surface area contributed by atoms with Crippen molar-refractivity contribution in [2.45, 2.75) is 133 Å². The summed E-state index contributed by atoms with van der Waals surface area (Å²) in [5.74, 6) is -2.56. The van der Waals surface area contributed by atoms with E-state index in [2.05, 4.69) is 0 Å². The number of methoxy groups -OCH3 is 2. The smallest absolute Gasteiger partial charge is 0.191 e. The van der Waals surface area contributed by atoms with Crippen LogP contribution in [0.2, 0.25) is 0 Å². The average molecular weight is 595 g/mol. The van der Waals surface area contributed by atoms with Crippen LogP contribution in [0.1, 0.15) is 59.9 Å². The maximum absolute atomic E-state index is 7.03. The van der Waals surface area contributed by atoms with Crippen molar-refractivity contribution in [2.24, 2.45) is 0 Å². The molecule has 236 valence electrons. The Hall–Kier alpha value is -1.22. The van der Waals surface area contributed by atoms with Crippen molar-refractivity contribution in [1.29, 1.82) is 0 Å². The van der Waals surface area contributed by atoms with E-state index in [9.17, 15) is 0 Å². The topological polar surface area (TPSA) is 102 Å². The minimum atomic E-state index is -1.23. The zero-order chi connectivity index (χ0) is 30.0. The highest BCUT2D eigenvalue weighted by molar-refractivity contribution is 5.17. The van der Waals surface area contributed by atoms with E-state index >= 15 is 0 Å². The molecule has 1 aromatic carbocycles. The molecule has 5 aliphatic rings. The van der Waals surface area contributed by atoms with Gasteiger partial charge in [-0.25, -0.2) is 0 Å². The highest BCUT2D eigenvalue weighted by Gasteiger charge is 2.71. The van der Waals surface area contributed by atoms with Gasteiger partial charge in [-0.3, -0.25) is 0 Å². The first kappa shape index (κ1) is 30.8. The Balaban J connectivity index is 1.38. The molecular formula is C31H46O11. The van der Waals surface area contributed by atoms with Gasteiger partial charge < -0.3 is 52.1 Å². The van der Waals surface area contributed by atoms with E-state index in [0.29, 0.717) is 13.0 Å². The molecule has 0 spiro atoms. The molecule has 0 N–H and O–H groups in total. The molecule has 0 amide bonds. The molecule has 11 nitrogen and oxygen atoms in total. The maximum Gasteiger partial charge on any atom is 0.191 e. The van der Waals surface area contributed by atoms with Crippen LogP contribution in [-0.2, 0) is 58.7 Å². The lowest BCUT2D eigenvalue weighted by Gasteiger charge is -2.48. The second-order valence-electron chi connectivity index (χ2n) is 13.3. The Morgan fingerprint density at radius 3 is 2.24 bits per heavy atom. The molecule has 1 aromatic rings. The minimum absolute atomic E-state index is 0.128. The van der Waals surface area contributed by atoms with Crippen molar-refractivity contribution >= 4 is 0 Å². The van der Waals surface area contributed by atoms with Crippen LogP contribution in [0.4, 0.5) is 0 Å². The van der Waals surface area contributed by atoms with Crippen LogP contribution in [-0.4, -0.2) is 99.1 Å². The molecule has 0 aromatic heterocycles. The Bertz CT molecular complexity index is 1090. The normalized spacial score (nSPS) is 40.5. The van der Waals surface area contributed by atoms with Crippen LogP contribution in [0.25, 0.3) is 0 Å². The molecule has 8 atom stereocenters. The number of rotatable bonds is 10. The summed E-state index contributed by atoms with van der Waals surface area (Å²) in [5, 5.41) is 0. The van der Waals surface area contributed by atoms with E-state index in [1.165, 1.54) is 0 Å². The zero-order valence-electron chi connectivity index (χ0n) is 26.0. The van der Waals surface area contributed by atoms with Crippen LogP contribution in [0, 0.1) is 0 Å². The molecule has 1 saturated carbocycles. The monoisotopic (exact) mass is 594 g/mol. The third-order valence-corrected chi connectivity index (χ3v) is 8.83. The van der Waals surface area contributed by atoms with Gasteiger partial charge in [0.05, 0.1) is 25.9 Å². The minimum Gasteiger partial charge on any atom is -0.365 e. The third kappa shape index (κ3) is 5.45. The first-order valence-corrected chi connectivity index (χ1v) is 14.9. The standard InChI is InChI=1S/C31H46O11/c1-27(2)35-17-21(39-27)22(31(26(32-7)33-8)18-36-28(3,4)41-31)38-25-24(34-16-19-12-10-9-11-13-19)30-15-14-20(37-25)23(30)40-29(5,6)42-30/h9-13,20-26H,14-18H2,1-8H3/t20-,21-,22?,23+,24+,25+,30+,31-/m1/s1. The SMILES string of the molecule is COC(OC)[C@]1(C(O[C@@H]2O[C@@H]3CC[C@@]4(OC(C)(C)O[C@@H]34)[C@H]2OCc2ccccc2)[C@H]2COC(C)(C)O2)COC(C)(C)O1. The summed E-state index contributed by atoms with van der Waals surface area (Å²) >= 11 is 0. The average Bonchev–Trinajstić information content (AvgIpc) is 3.60. The van der Waals surface area contributed by atoms with Gasteiger partial charge in [-0.15, -0.1) is 0 Å². The number of hydrogen-bond donors (Lipinski definition) is 0. The Morgan fingerprint density at radius 2 is 1.62 bits per heavy atom. The summed E-state index contributed by atoms with van der Waals surface area (Å²) in [6.07, 6.45) is -2.76. The highest BCUT2D eigenvalue weighted by atomic mass is 16.8. The van der Waals surface area contributed by atoms with Crippen molar-refractivity contribution in [3.63, 3.8) is 0 Å². The van der Waals surface area contributed by atoms with E-state index in [1.807, 2.05) is 71.9 Å². The molecule has 2 bridgehead atoms. The number of hydrogen-bond acceptors (Lipinski definition) is 11. The summed E-state index contributed by atoms with van der Waals surface area (Å²) < 4.78 is 70.4. The van der Waals surface area contributed by atoms with E-state index in [-0.39, 0.29) is 25.4 Å². The zero-order valence-corrected chi connectivity index (χ0v) is 26.0. The Labute approximate surface area is 248 Å². The molecule has 4 saturated heterocycles. The van der Waals surface area contributed by atoms with E-state index in [1.54, 1.807) is 14.2 Å². The molecule has 6 rings (SSSR count). The van der Waals surface area contributed by atoms with Crippen LogP contribution in [0.5, 0.6) is 0 Å². The van der Waals surface area contributed by atoms with E-state index in [0.717, 1.165) is 12.0 Å². The van der Waals surface area contributed by atoms with Gasteiger partial charge in [-0.05, 0) is 59.9 Å². The molecule has 42 heavy (non-hydrogen) atoms. The fraction of sp³-hybridized carbons (Fsp3) is 0.806. The van der Waals surface area contributed by atoms with E-state index in [4.69, 9.17) is 52.1 Å². The lowest BCUT2D eigenvalue weighted by atomic mass is 9.88. The molecule has 1 aliphatic carbocycles. The van der Waals surface area contributed by atoms with Crippen molar-refractivity contribution in [2.75, 3.05) is 27.4 Å². The molecule has 4 heterocycles. The predicted molar refractivity (Wildman–Crippen MR) is 147 cm³/mol. The molecule has 1 unspecified atom stereocenters. The molecular weight excluding hydrogens is 548 g/mol. The summed E-state index contributed by atoms with van der Waals surface area (Å²) in [6, 6.07) is 10.0. The lowest BCUT2D eigenvalue weighted by molar-refractivity contribution is -0.354. The van der Waals surface area contributed by atoms with Crippen LogP contribution < -0.4 is 0 Å². The van der Waals surface area contributed by atoms with Crippen LogP contribution >= 0.6 is 0 Å². The molecule has 5 fully saturated rings. The predicted octanol–water partition coefficient (Wildman–Crippen LogP) is 3.66. The summed E-state index contributed by atoms with van der Waals surface area (Å²) in [5.41, 5.74) is -0.962. The summed E-state index contributed by atoms with van der Waals surface area (Å²) in [6.45, 7) is 12.0. The van der Waals surface area contributed by atoms with Gasteiger partial charge in [0.2, 0.25) is 0 Å². The van der Waals surface area contributed by atoms with Gasteiger partial charge in [-0.1, -0.05) is 30.3 Å². The van der Waals surface area contributed by atoms with E-state index < -0.39 is 59.5 Å². The fourth-order valence-electron chi connectivity index (χ4n) is 7.32. The second kappa shape index (κ2) is 11.0. The largest absolute Gasteiger partial charge is 0.365 e. The molecule has 4 aliphatic heterocycles. The molecule has 11 heteroatoms. The number of benzene rings is 1. The highest BCUT2D eigenvalue weighted by Crippen LogP contribution is 2.55. The van der Waals surface area contributed by atoms with Crippen molar-refractivity contribution < 1.29 is 52.1 Å².